The van der Waals surface area contributed by atoms with Gasteiger partial charge >= 0.3 is 5.69 Å². The van der Waals surface area contributed by atoms with Gasteiger partial charge in [-0.1, -0.05) is 11.2 Å². The number of hydrogen-bond acceptors (Lipinski definition) is 5. The molecule has 0 heterocycles. The SMILES string of the molecule is N/C(=N/O)c1ccc(Oc2c(F)cccc2[N+](=O)[O-])cc1. The fourth-order valence-electron chi connectivity index (χ4n) is 1.61. The van der Waals surface area contributed by atoms with Crippen molar-refractivity contribution >= 4 is 11.5 Å². The van der Waals surface area contributed by atoms with Crippen LogP contribution in [0.15, 0.2) is 47.6 Å². The molecule has 0 unspecified atom stereocenters. The van der Waals surface area contributed by atoms with Crippen LogP contribution in [-0.4, -0.2) is 16.0 Å². The fourth-order valence-corrected chi connectivity index (χ4v) is 1.61. The molecular formula is C13H10FN3O4. The Balaban J connectivity index is 2.33. The van der Waals surface area contributed by atoms with Crippen LogP contribution in [0, 0.1) is 15.9 Å². The van der Waals surface area contributed by atoms with Crippen molar-refractivity contribution < 1.29 is 19.3 Å². The average molecular weight is 291 g/mol. The molecule has 0 aliphatic rings. The molecule has 0 saturated heterocycles. The van der Waals surface area contributed by atoms with Crippen LogP contribution < -0.4 is 10.5 Å². The predicted octanol–water partition coefficient (Wildman–Crippen LogP) is 2.62. The van der Waals surface area contributed by atoms with E-state index in [2.05, 4.69) is 5.16 Å². The van der Waals surface area contributed by atoms with E-state index in [0.717, 1.165) is 12.1 Å². The maximum Gasteiger partial charge on any atom is 0.314 e. The highest BCUT2D eigenvalue weighted by molar-refractivity contribution is 5.97. The summed E-state index contributed by atoms with van der Waals surface area (Å²) < 4.78 is 18.9. The predicted molar refractivity (Wildman–Crippen MR) is 72.1 cm³/mol. The van der Waals surface area contributed by atoms with Gasteiger partial charge in [-0.15, -0.1) is 0 Å². The van der Waals surface area contributed by atoms with Crippen molar-refractivity contribution in [3.63, 3.8) is 0 Å². The van der Waals surface area contributed by atoms with E-state index in [1.54, 1.807) is 0 Å². The molecule has 0 spiro atoms. The van der Waals surface area contributed by atoms with Crippen LogP contribution in [0.4, 0.5) is 10.1 Å². The minimum absolute atomic E-state index is 0.0987. The van der Waals surface area contributed by atoms with Crippen LogP contribution in [0.25, 0.3) is 0 Å². The monoisotopic (exact) mass is 291 g/mol. The molecule has 0 saturated carbocycles. The van der Waals surface area contributed by atoms with Gasteiger partial charge in [0.1, 0.15) is 5.75 Å². The topological polar surface area (TPSA) is 111 Å². The quantitative estimate of drug-likeness (QED) is 0.296. The van der Waals surface area contributed by atoms with Gasteiger partial charge in [-0.2, -0.15) is 0 Å². The van der Waals surface area contributed by atoms with E-state index >= 15 is 0 Å². The van der Waals surface area contributed by atoms with Gasteiger partial charge in [-0.25, -0.2) is 4.39 Å². The second-order valence-electron chi connectivity index (χ2n) is 3.96. The number of ether oxygens (including phenoxy) is 1. The summed E-state index contributed by atoms with van der Waals surface area (Å²) in [5.41, 5.74) is 5.34. The van der Waals surface area contributed by atoms with Crippen LogP contribution in [0.1, 0.15) is 5.56 Å². The minimum atomic E-state index is -0.843. The van der Waals surface area contributed by atoms with Crippen molar-refractivity contribution in [3.8, 4) is 11.5 Å². The number of nitro groups is 1. The number of rotatable bonds is 4. The second-order valence-corrected chi connectivity index (χ2v) is 3.96. The third-order valence-corrected chi connectivity index (χ3v) is 2.62. The number of oxime groups is 1. The normalized spacial score (nSPS) is 11.2. The van der Waals surface area contributed by atoms with E-state index in [9.17, 15) is 14.5 Å². The molecule has 2 aromatic carbocycles. The zero-order valence-corrected chi connectivity index (χ0v) is 10.6. The molecule has 0 aliphatic heterocycles. The van der Waals surface area contributed by atoms with Crippen molar-refractivity contribution in [3.05, 3.63) is 64.0 Å². The highest BCUT2D eigenvalue weighted by atomic mass is 19.1. The Morgan fingerprint density at radius 1 is 1.29 bits per heavy atom. The number of halogens is 1. The molecule has 0 fully saturated rings. The van der Waals surface area contributed by atoms with Crippen LogP contribution in [0.5, 0.6) is 11.5 Å². The van der Waals surface area contributed by atoms with E-state index in [-0.39, 0.29) is 11.6 Å². The summed E-state index contributed by atoms with van der Waals surface area (Å²) in [5, 5.41) is 22.2. The summed E-state index contributed by atoms with van der Waals surface area (Å²) in [6.07, 6.45) is 0. The van der Waals surface area contributed by atoms with Crippen LogP contribution in [0.2, 0.25) is 0 Å². The van der Waals surface area contributed by atoms with Crippen LogP contribution >= 0.6 is 0 Å². The number of para-hydroxylation sites is 1. The molecule has 21 heavy (non-hydrogen) atoms. The van der Waals surface area contributed by atoms with Gasteiger partial charge in [0, 0.05) is 11.6 Å². The van der Waals surface area contributed by atoms with Crippen molar-refractivity contribution in [1.29, 1.82) is 0 Å². The Bertz CT molecular complexity index is 701. The Hall–Kier alpha value is -3.16. The third kappa shape index (κ3) is 3.06. The van der Waals surface area contributed by atoms with Crippen LogP contribution in [0.3, 0.4) is 0 Å². The molecule has 2 aromatic rings. The van der Waals surface area contributed by atoms with Gasteiger partial charge in [0.2, 0.25) is 5.75 Å². The highest BCUT2D eigenvalue weighted by Crippen LogP contribution is 2.33. The Kier molecular flexibility index (Phi) is 3.98. The first-order valence-corrected chi connectivity index (χ1v) is 5.71. The zero-order valence-electron chi connectivity index (χ0n) is 10.6. The Morgan fingerprint density at radius 2 is 1.95 bits per heavy atom. The largest absolute Gasteiger partial charge is 0.447 e. The first-order valence-electron chi connectivity index (χ1n) is 5.71. The first kappa shape index (κ1) is 14.3. The van der Waals surface area contributed by atoms with E-state index in [0.29, 0.717) is 5.56 Å². The lowest BCUT2D eigenvalue weighted by atomic mass is 10.2. The van der Waals surface area contributed by atoms with E-state index in [1.165, 1.54) is 30.3 Å². The third-order valence-electron chi connectivity index (χ3n) is 2.62. The molecule has 0 amide bonds. The standard InChI is InChI=1S/C13H10FN3O4/c14-10-2-1-3-11(17(19)20)12(10)21-9-6-4-8(5-7-9)13(15)16-18/h1-7,18H,(H2,15,16). The summed E-state index contributed by atoms with van der Waals surface area (Å²) in [6.45, 7) is 0. The number of benzene rings is 2. The van der Waals surface area contributed by atoms with E-state index in [4.69, 9.17) is 15.7 Å². The lowest BCUT2D eigenvalue weighted by Gasteiger charge is -2.07. The van der Waals surface area contributed by atoms with Crippen molar-refractivity contribution in [1.82, 2.24) is 0 Å². The Morgan fingerprint density at radius 3 is 2.52 bits per heavy atom. The minimum Gasteiger partial charge on any atom is -0.447 e. The molecule has 3 N–H and O–H groups in total. The van der Waals surface area contributed by atoms with Gasteiger partial charge in [-0.3, -0.25) is 10.1 Å². The first-order chi connectivity index (χ1) is 10.0. The summed E-state index contributed by atoms with van der Waals surface area (Å²) in [4.78, 5) is 10.1. The highest BCUT2D eigenvalue weighted by Gasteiger charge is 2.20. The number of nitrogens with zero attached hydrogens (tertiary/aromatic N) is 2. The molecule has 2 rings (SSSR count). The molecule has 8 heteroatoms. The van der Waals surface area contributed by atoms with Gasteiger partial charge < -0.3 is 15.7 Å². The molecule has 0 aliphatic carbocycles. The van der Waals surface area contributed by atoms with Gasteiger partial charge in [-0.05, 0) is 30.3 Å². The summed E-state index contributed by atoms with van der Waals surface area (Å²) in [6, 6.07) is 9.21. The lowest BCUT2D eigenvalue weighted by molar-refractivity contribution is -0.385. The number of nitro benzene ring substituents is 1. The van der Waals surface area contributed by atoms with Gasteiger partial charge in [0.25, 0.3) is 0 Å². The smallest absolute Gasteiger partial charge is 0.314 e. The maximum atomic E-state index is 13.7. The van der Waals surface area contributed by atoms with Crippen molar-refractivity contribution in [2.24, 2.45) is 10.9 Å². The molecule has 0 aromatic heterocycles. The van der Waals surface area contributed by atoms with Gasteiger partial charge in [0.15, 0.2) is 11.7 Å². The summed E-state index contributed by atoms with van der Waals surface area (Å²) >= 11 is 0. The second kappa shape index (κ2) is 5.87. The average Bonchev–Trinajstić information content (AvgIpc) is 2.49. The van der Waals surface area contributed by atoms with E-state index < -0.39 is 22.2 Å². The molecular weight excluding hydrogens is 281 g/mol. The summed E-state index contributed by atoms with van der Waals surface area (Å²) in [7, 11) is 0. The number of hydrogen-bond donors (Lipinski definition) is 2. The lowest BCUT2D eigenvalue weighted by Crippen LogP contribution is -2.12. The maximum absolute atomic E-state index is 13.7. The molecule has 108 valence electrons. The van der Waals surface area contributed by atoms with Gasteiger partial charge in [0.05, 0.1) is 4.92 Å². The van der Waals surface area contributed by atoms with Crippen molar-refractivity contribution in [2.45, 2.75) is 0 Å². The molecule has 0 bridgehead atoms. The number of nitrogens with two attached hydrogens (primary N) is 1. The Labute approximate surface area is 118 Å². The number of amidine groups is 1. The zero-order chi connectivity index (χ0) is 15.4. The van der Waals surface area contributed by atoms with Crippen LogP contribution in [-0.2, 0) is 0 Å². The van der Waals surface area contributed by atoms with Crippen molar-refractivity contribution in [2.75, 3.05) is 0 Å². The molecule has 0 radical (unpaired) electrons. The fraction of sp³-hybridized carbons (Fsp3) is 0. The molecule has 0 atom stereocenters. The molecule has 7 nitrogen and oxygen atoms in total. The summed E-state index contributed by atoms with van der Waals surface area (Å²) in [5.74, 6) is -1.24. The van der Waals surface area contributed by atoms with E-state index in [1.807, 2.05) is 0 Å².